The molecule has 0 aliphatic rings. The fourth-order valence-corrected chi connectivity index (χ4v) is 3.80. The van der Waals surface area contributed by atoms with Crippen LogP contribution in [-0.4, -0.2) is 14.3 Å². The molecule has 0 saturated carbocycles. The fourth-order valence-electron chi connectivity index (χ4n) is 2.67. The molecule has 3 aromatic carbocycles. The van der Waals surface area contributed by atoms with E-state index in [1.54, 1.807) is 49.4 Å². The summed E-state index contributed by atoms with van der Waals surface area (Å²) in [4.78, 5) is 12.6. The van der Waals surface area contributed by atoms with Crippen LogP contribution in [0, 0.1) is 13.8 Å². The number of benzene rings is 3. The summed E-state index contributed by atoms with van der Waals surface area (Å²) >= 11 is 0. The van der Waals surface area contributed by atoms with Gasteiger partial charge in [-0.2, -0.15) is 0 Å². The van der Waals surface area contributed by atoms with Crippen molar-refractivity contribution >= 4 is 21.6 Å². The molecule has 0 aliphatic heterocycles. The number of carbonyl (C=O) groups is 1. The van der Waals surface area contributed by atoms with Gasteiger partial charge in [-0.3, -0.25) is 9.52 Å². The van der Waals surface area contributed by atoms with Gasteiger partial charge in [0.25, 0.3) is 15.9 Å². The van der Waals surface area contributed by atoms with Crippen molar-refractivity contribution in [2.45, 2.75) is 25.3 Å². The van der Waals surface area contributed by atoms with Gasteiger partial charge in [0.05, 0.1) is 10.6 Å². The minimum absolute atomic E-state index is 0.177. The summed E-state index contributed by atoms with van der Waals surface area (Å²) in [6.45, 7) is 4.09. The van der Waals surface area contributed by atoms with E-state index in [2.05, 4.69) is 10.0 Å². The molecule has 0 unspecified atom stereocenters. The van der Waals surface area contributed by atoms with Gasteiger partial charge >= 0.3 is 0 Å². The van der Waals surface area contributed by atoms with Gasteiger partial charge in [0.15, 0.2) is 0 Å². The number of amides is 1. The van der Waals surface area contributed by atoms with Crippen LogP contribution >= 0.6 is 0 Å². The second kappa shape index (κ2) is 8.27. The van der Waals surface area contributed by atoms with Crippen molar-refractivity contribution in [1.82, 2.24) is 5.32 Å². The zero-order chi connectivity index (χ0) is 20.1. The normalized spacial score (nSPS) is 11.1. The van der Waals surface area contributed by atoms with E-state index in [1.807, 2.05) is 37.3 Å². The first-order valence-electron chi connectivity index (χ1n) is 8.87. The molecule has 6 heteroatoms. The Morgan fingerprint density at radius 2 is 1.57 bits per heavy atom. The van der Waals surface area contributed by atoms with Gasteiger partial charge in [-0.25, -0.2) is 8.42 Å². The largest absolute Gasteiger partial charge is 0.348 e. The first-order chi connectivity index (χ1) is 13.3. The van der Waals surface area contributed by atoms with Crippen molar-refractivity contribution in [3.05, 3.63) is 95.1 Å². The first kappa shape index (κ1) is 19.6. The highest BCUT2D eigenvalue weighted by Gasteiger charge is 2.16. The van der Waals surface area contributed by atoms with Crippen LogP contribution in [0.5, 0.6) is 0 Å². The molecule has 3 rings (SSSR count). The van der Waals surface area contributed by atoms with Gasteiger partial charge in [-0.05, 0) is 49.2 Å². The van der Waals surface area contributed by atoms with Crippen LogP contribution in [0.25, 0.3) is 0 Å². The predicted octanol–water partition coefficient (Wildman–Crippen LogP) is 4.03. The molecule has 0 aromatic heterocycles. The topological polar surface area (TPSA) is 75.3 Å². The van der Waals surface area contributed by atoms with Gasteiger partial charge in [0.2, 0.25) is 0 Å². The summed E-state index contributed by atoms with van der Waals surface area (Å²) in [5.74, 6) is -0.264. The Hall–Kier alpha value is -3.12. The number of sulfonamides is 1. The maximum atomic E-state index is 12.6. The SMILES string of the molecule is Cc1ccc(S(=O)(=O)Nc2cc(C(=O)NCc3ccccc3)ccc2C)cc1. The third-order valence-corrected chi connectivity index (χ3v) is 5.75. The molecule has 5 nitrogen and oxygen atoms in total. The molecule has 0 aliphatic carbocycles. The van der Waals surface area contributed by atoms with Gasteiger partial charge in [0.1, 0.15) is 0 Å². The first-order valence-corrected chi connectivity index (χ1v) is 10.4. The van der Waals surface area contributed by atoms with Crippen molar-refractivity contribution < 1.29 is 13.2 Å². The Labute approximate surface area is 165 Å². The molecule has 2 N–H and O–H groups in total. The fraction of sp³-hybridized carbons (Fsp3) is 0.136. The van der Waals surface area contributed by atoms with Gasteiger partial charge in [-0.15, -0.1) is 0 Å². The van der Waals surface area contributed by atoms with E-state index < -0.39 is 10.0 Å². The smallest absolute Gasteiger partial charge is 0.261 e. The lowest BCUT2D eigenvalue weighted by atomic mass is 10.1. The van der Waals surface area contributed by atoms with Crippen LogP contribution in [0.2, 0.25) is 0 Å². The third kappa shape index (κ3) is 4.78. The molecular weight excluding hydrogens is 372 g/mol. The van der Waals surface area contributed by atoms with E-state index >= 15 is 0 Å². The van der Waals surface area contributed by atoms with E-state index in [9.17, 15) is 13.2 Å². The Morgan fingerprint density at radius 1 is 0.893 bits per heavy atom. The summed E-state index contributed by atoms with van der Waals surface area (Å²) < 4.78 is 27.9. The Kier molecular flexibility index (Phi) is 5.80. The van der Waals surface area contributed by atoms with Crippen molar-refractivity contribution in [3.8, 4) is 0 Å². The molecule has 0 bridgehead atoms. The molecule has 0 heterocycles. The maximum Gasteiger partial charge on any atom is 0.261 e. The number of carbonyl (C=O) groups excluding carboxylic acids is 1. The molecule has 0 spiro atoms. The van der Waals surface area contributed by atoms with Crippen molar-refractivity contribution in [2.24, 2.45) is 0 Å². The van der Waals surface area contributed by atoms with Crippen LogP contribution in [0.3, 0.4) is 0 Å². The number of hydrogen-bond donors (Lipinski definition) is 2. The zero-order valence-corrected chi connectivity index (χ0v) is 16.6. The molecule has 0 saturated heterocycles. The average Bonchev–Trinajstić information content (AvgIpc) is 2.69. The highest BCUT2D eigenvalue weighted by molar-refractivity contribution is 7.92. The summed E-state index contributed by atoms with van der Waals surface area (Å²) in [5.41, 5.74) is 3.47. The van der Waals surface area contributed by atoms with Gasteiger partial charge < -0.3 is 5.32 Å². The number of rotatable bonds is 6. The second-order valence-corrected chi connectivity index (χ2v) is 8.30. The minimum Gasteiger partial charge on any atom is -0.348 e. The lowest BCUT2D eigenvalue weighted by molar-refractivity contribution is 0.0951. The number of anilines is 1. The molecule has 0 atom stereocenters. The van der Waals surface area contributed by atoms with Crippen molar-refractivity contribution in [2.75, 3.05) is 4.72 Å². The van der Waals surface area contributed by atoms with Gasteiger partial charge in [-0.1, -0.05) is 54.1 Å². The highest BCUT2D eigenvalue weighted by atomic mass is 32.2. The van der Waals surface area contributed by atoms with Crippen molar-refractivity contribution in [3.63, 3.8) is 0 Å². The van der Waals surface area contributed by atoms with E-state index in [0.717, 1.165) is 16.7 Å². The molecule has 0 fully saturated rings. The number of hydrogen-bond acceptors (Lipinski definition) is 3. The molecule has 0 radical (unpaired) electrons. The van der Waals surface area contributed by atoms with Crippen LogP contribution in [0.4, 0.5) is 5.69 Å². The summed E-state index contributed by atoms with van der Waals surface area (Å²) in [7, 11) is -3.73. The van der Waals surface area contributed by atoms with Crippen LogP contribution in [0.1, 0.15) is 27.0 Å². The number of aryl methyl sites for hydroxylation is 2. The maximum absolute atomic E-state index is 12.6. The Bertz CT molecular complexity index is 1080. The third-order valence-electron chi connectivity index (χ3n) is 4.37. The average molecular weight is 394 g/mol. The molecular formula is C22H22N2O3S. The van der Waals surface area contributed by atoms with E-state index in [1.165, 1.54) is 0 Å². The highest BCUT2D eigenvalue weighted by Crippen LogP contribution is 2.21. The zero-order valence-electron chi connectivity index (χ0n) is 15.8. The standard InChI is InChI=1S/C22H22N2O3S/c1-16-8-12-20(13-9-16)28(26,27)24-21-14-19(11-10-17(21)2)22(25)23-15-18-6-4-3-5-7-18/h3-14,24H,15H2,1-2H3,(H,23,25). The lowest BCUT2D eigenvalue weighted by Gasteiger charge is -2.13. The number of nitrogens with one attached hydrogen (secondary N) is 2. The monoisotopic (exact) mass is 394 g/mol. The minimum atomic E-state index is -3.73. The Balaban J connectivity index is 1.77. The second-order valence-electron chi connectivity index (χ2n) is 6.62. The van der Waals surface area contributed by atoms with Crippen LogP contribution < -0.4 is 10.0 Å². The van der Waals surface area contributed by atoms with E-state index in [0.29, 0.717) is 17.8 Å². The summed E-state index contributed by atoms with van der Waals surface area (Å²) in [6.07, 6.45) is 0. The Morgan fingerprint density at radius 3 is 2.25 bits per heavy atom. The summed E-state index contributed by atoms with van der Waals surface area (Å²) in [5, 5.41) is 2.85. The lowest BCUT2D eigenvalue weighted by Crippen LogP contribution is -2.23. The molecule has 144 valence electrons. The van der Waals surface area contributed by atoms with Crippen LogP contribution in [-0.2, 0) is 16.6 Å². The molecule has 3 aromatic rings. The van der Waals surface area contributed by atoms with Gasteiger partial charge in [0, 0.05) is 12.1 Å². The quantitative estimate of drug-likeness (QED) is 0.663. The van der Waals surface area contributed by atoms with Crippen LogP contribution in [0.15, 0.2) is 77.7 Å². The van der Waals surface area contributed by atoms with Crippen molar-refractivity contribution in [1.29, 1.82) is 0 Å². The molecule has 1 amide bonds. The van der Waals surface area contributed by atoms with E-state index in [4.69, 9.17) is 0 Å². The molecule has 28 heavy (non-hydrogen) atoms. The predicted molar refractivity (Wildman–Crippen MR) is 111 cm³/mol. The van der Waals surface area contributed by atoms with E-state index in [-0.39, 0.29) is 10.8 Å². The summed E-state index contributed by atoms with van der Waals surface area (Å²) in [6, 6.07) is 21.2.